The molecule has 5 heteroatoms. The van der Waals surface area contributed by atoms with E-state index >= 15 is 0 Å². The molecule has 1 atom stereocenters. The Morgan fingerprint density at radius 3 is 2.40 bits per heavy atom. The molecule has 0 radical (unpaired) electrons. The number of nitrogens with two attached hydrogens (primary N) is 1. The lowest BCUT2D eigenvalue weighted by Crippen LogP contribution is -2.36. The summed E-state index contributed by atoms with van der Waals surface area (Å²) in [5.41, 5.74) is 5.27. The van der Waals surface area contributed by atoms with Crippen LogP contribution in [0.5, 0.6) is 11.5 Å². The van der Waals surface area contributed by atoms with Gasteiger partial charge in [0.2, 0.25) is 0 Å². The summed E-state index contributed by atoms with van der Waals surface area (Å²) in [6, 6.07) is 5.82. The lowest BCUT2D eigenvalue weighted by molar-refractivity contribution is -0.139. The summed E-state index contributed by atoms with van der Waals surface area (Å²) in [5.74, 6) is 0.195. The molecule has 0 fully saturated rings. The van der Waals surface area contributed by atoms with E-state index in [4.69, 9.17) is 20.3 Å². The summed E-state index contributed by atoms with van der Waals surface area (Å²) in [6.07, 6.45) is 0. The van der Waals surface area contributed by atoms with Gasteiger partial charge in [-0.3, -0.25) is 4.79 Å². The van der Waals surface area contributed by atoms with Crippen LogP contribution < -0.4 is 15.2 Å². The van der Waals surface area contributed by atoms with Gasteiger partial charge in [0.1, 0.15) is 24.1 Å². The van der Waals surface area contributed by atoms with Crippen LogP contribution in [0.3, 0.4) is 0 Å². The molecule has 0 aliphatic carbocycles. The van der Waals surface area contributed by atoms with Gasteiger partial charge in [-0.25, -0.2) is 0 Å². The summed E-state index contributed by atoms with van der Waals surface area (Å²) in [5, 5.41) is 8.52. The summed E-state index contributed by atoms with van der Waals surface area (Å²) >= 11 is 0. The molecule has 0 aliphatic heterocycles. The van der Waals surface area contributed by atoms with Crippen LogP contribution in [0.4, 0.5) is 0 Å². The molecule has 0 aliphatic rings. The van der Waals surface area contributed by atoms with Crippen LogP contribution in [0.25, 0.3) is 0 Å². The fraction of sp³-hybridized carbons (Fsp3) is 0.300. The molecule has 0 spiro atoms. The van der Waals surface area contributed by atoms with Crippen LogP contribution in [-0.2, 0) is 4.79 Å². The average molecular weight is 211 g/mol. The number of hydrogen-bond donors (Lipinski definition) is 2. The molecule has 82 valence electrons. The molecule has 5 nitrogen and oxygen atoms in total. The van der Waals surface area contributed by atoms with E-state index in [9.17, 15) is 4.79 Å². The molecule has 3 N–H and O–H groups in total. The molecule has 0 saturated carbocycles. The fourth-order valence-electron chi connectivity index (χ4n) is 0.929. The van der Waals surface area contributed by atoms with Crippen molar-refractivity contribution in [1.82, 2.24) is 0 Å². The first-order chi connectivity index (χ1) is 7.13. The van der Waals surface area contributed by atoms with E-state index in [-0.39, 0.29) is 6.61 Å². The number of carboxylic acids is 1. The minimum absolute atomic E-state index is 0.0539. The Hall–Kier alpha value is -1.75. The molecule has 1 aromatic rings. The topological polar surface area (TPSA) is 81.8 Å². The molecule has 1 aromatic carbocycles. The molecule has 0 unspecified atom stereocenters. The average Bonchev–Trinajstić information content (AvgIpc) is 2.26. The quantitative estimate of drug-likeness (QED) is 0.740. The molecule has 0 amide bonds. The summed E-state index contributed by atoms with van der Waals surface area (Å²) < 4.78 is 10.1. The second kappa shape index (κ2) is 5.21. The summed E-state index contributed by atoms with van der Waals surface area (Å²) in [7, 11) is 1.57. The lowest BCUT2D eigenvalue weighted by atomic mass is 10.3. The van der Waals surface area contributed by atoms with E-state index in [1.807, 2.05) is 0 Å². The van der Waals surface area contributed by atoms with Crippen LogP contribution in [0.1, 0.15) is 0 Å². The molecule has 0 heterocycles. The van der Waals surface area contributed by atoms with Crippen molar-refractivity contribution in [1.29, 1.82) is 0 Å². The zero-order chi connectivity index (χ0) is 11.3. The van der Waals surface area contributed by atoms with Crippen molar-refractivity contribution < 1.29 is 19.4 Å². The molecule has 0 saturated heterocycles. The zero-order valence-electron chi connectivity index (χ0n) is 8.34. The lowest BCUT2D eigenvalue weighted by Gasteiger charge is -2.09. The van der Waals surface area contributed by atoms with Gasteiger partial charge >= 0.3 is 5.97 Å². The van der Waals surface area contributed by atoms with Gasteiger partial charge in [-0.1, -0.05) is 0 Å². The van der Waals surface area contributed by atoms with Crippen LogP contribution in [-0.4, -0.2) is 30.8 Å². The van der Waals surface area contributed by atoms with Crippen molar-refractivity contribution >= 4 is 5.97 Å². The maximum absolute atomic E-state index is 10.4. The number of hydrogen-bond acceptors (Lipinski definition) is 4. The molecule has 0 aromatic heterocycles. The predicted octanol–water partition coefficient (Wildman–Crippen LogP) is 0.486. The van der Waals surface area contributed by atoms with Gasteiger partial charge in [0.15, 0.2) is 0 Å². The highest BCUT2D eigenvalue weighted by atomic mass is 16.5. The molecule has 15 heavy (non-hydrogen) atoms. The second-order valence-corrected chi connectivity index (χ2v) is 2.93. The standard InChI is InChI=1S/C10H13NO4/c1-14-7-2-4-8(5-3-7)15-6-9(11)10(12)13/h2-5,9H,6,11H2,1H3,(H,12,13)/t9-/m0/s1. The van der Waals surface area contributed by atoms with Gasteiger partial charge in [0.25, 0.3) is 0 Å². The van der Waals surface area contributed by atoms with Gasteiger partial charge < -0.3 is 20.3 Å². The maximum atomic E-state index is 10.4. The highest BCUT2D eigenvalue weighted by Gasteiger charge is 2.11. The molecule has 1 rings (SSSR count). The van der Waals surface area contributed by atoms with Crippen LogP contribution in [0, 0.1) is 0 Å². The largest absolute Gasteiger partial charge is 0.497 e. The molecule has 0 bridgehead atoms. The van der Waals surface area contributed by atoms with Crippen molar-refractivity contribution in [2.24, 2.45) is 5.73 Å². The number of aliphatic carboxylic acids is 1. The Labute approximate surface area is 87.4 Å². The van der Waals surface area contributed by atoms with Gasteiger partial charge in [-0.2, -0.15) is 0 Å². The number of carboxylic acid groups (broad SMARTS) is 1. The van der Waals surface area contributed by atoms with E-state index in [1.165, 1.54) is 0 Å². The number of benzene rings is 1. The summed E-state index contributed by atoms with van der Waals surface area (Å²) in [4.78, 5) is 10.4. The minimum atomic E-state index is -1.08. The van der Waals surface area contributed by atoms with Crippen molar-refractivity contribution in [3.8, 4) is 11.5 Å². The Morgan fingerprint density at radius 1 is 1.40 bits per heavy atom. The van der Waals surface area contributed by atoms with Crippen molar-refractivity contribution in [3.63, 3.8) is 0 Å². The van der Waals surface area contributed by atoms with Gasteiger partial charge in [0.05, 0.1) is 7.11 Å². The third-order valence-electron chi connectivity index (χ3n) is 1.81. The highest BCUT2D eigenvalue weighted by Crippen LogP contribution is 2.16. The van der Waals surface area contributed by atoms with Crippen molar-refractivity contribution in [3.05, 3.63) is 24.3 Å². The fourth-order valence-corrected chi connectivity index (χ4v) is 0.929. The van der Waals surface area contributed by atoms with Gasteiger partial charge in [-0.15, -0.1) is 0 Å². The second-order valence-electron chi connectivity index (χ2n) is 2.93. The first-order valence-electron chi connectivity index (χ1n) is 4.38. The smallest absolute Gasteiger partial charge is 0.324 e. The van der Waals surface area contributed by atoms with Crippen LogP contribution >= 0.6 is 0 Å². The zero-order valence-corrected chi connectivity index (χ0v) is 8.34. The monoisotopic (exact) mass is 211 g/mol. The first kappa shape index (κ1) is 11.3. The minimum Gasteiger partial charge on any atom is -0.497 e. The highest BCUT2D eigenvalue weighted by molar-refractivity contribution is 5.73. The van der Waals surface area contributed by atoms with E-state index < -0.39 is 12.0 Å². The van der Waals surface area contributed by atoms with Crippen LogP contribution in [0.2, 0.25) is 0 Å². The van der Waals surface area contributed by atoms with Crippen molar-refractivity contribution in [2.75, 3.05) is 13.7 Å². The Bertz CT molecular complexity index is 323. The number of methoxy groups -OCH3 is 1. The molecular weight excluding hydrogens is 198 g/mol. The number of ether oxygens (including phenoxy) is 2. The summed E-state index contributed by atoms with van der Waals surface area (Å²) in [6.45, 7) is -0.0539. The Morgan fingerprint density at radius 2 is 1.93 bits per heavy atom. The van der Waals surface area contributed by atoms with Gasteiger partial charge in [-0.05, 0) is 24.3 Å². The number of rotatable bonds is 5. The van der Waals surface area contributed by atoms with E-state index in [0.29, 0.717) is 11.5 Å². The van der Waals surface area contributed by atoms with E-state index in [2.05, 4.69) is 0 Å². The maximum Gasteiger partial charge on any atom is 0.324 e. The van der Waals surface area contributed by atoms with Gasteiger partial charge in [0, 0.05) is 0 Å². The van der Waals surface area contributed by atoms with Crippen molar-refractivity contribution in [2.45, 2.75) is 6.04 Å². The van der Waals surface area contributed by atoms with E-state index in [1.54, 1.807) is 31.4 Å². The third kappa shape index (κ3) is 3.47. The van der Waals surface area contributed by atoms with Crippen LogP contribution in [0.15, 0.2) is 24.3 Å². The molecular formula is C10H13NO4. The normalized spacial score (nSPS) is 11.9. The SMILES string of the molecule is COc1ccc(OC[C@H](N)C(=O)O)cc1. The Kier molecular flexibility index (Phi) is 3.93. The Balaban J connectivity index is 2.47. The number of carbonyl (C=O) groups is 1. The van der Waals surface area contributed by atoms with E-state index in [0.717, 1.165) is 0 Å². The third-order valence-corrected chi connectivity index (χ3v) is 1.81. The first-order valence-corrected chi connectivity index (χ1v) is 4.38. The predicted molar refractivity (Wildman–Crippen MR) is 54.1 cm³/mol.